The number of aryl methyl sites for hydroxylation is 2. The third-order valence-corrected chi connectivity index (χ3v) is 6.61. The van der Waals surface area contributed by atoms with Gasteiger partial charge < -0.3 is 9.64 Å². The number of aromatic nitrogens is 2. The molecule has 1 aromatic heterocycles. The van der Waals surface area contributed by atoms with Crippen LogP contribution in [0.1, 0.15) is 42.1 Å². The first kappa shape index (κ1) is 20.5. The predicted octanol–water partition coefficient (Wildman–Crippen LogP) is 1.76. The van der Waals surface area contributed by atoms with Gasteiger partial charge in [0.2, 0.25) is 0 Å². The Morgan fingerprint density at radius 1 is 1.17 bits per heavy atom. The van der Waals surface area contributed by atoms with Gasteiger partial charge in [-0.3, -0.25) is 0 Å². The molecule has 158 valence electrons. The first-order chi connectivity index (χ1) is 13.8. The zero-order valence-electron chi connectivity index (χ0n) is 17.0. The van der Waals surface area contributed by atoms with Crippen LogP contribution in [-0.4, -0.2) is 51.2 Å². The number of nitrogens with zero attached hydrogens (tertiary/aromatic N) is 3. The summed E-state index contributed by atoms with van der Waals surface area (Å²) in [5, 5.41) is 6.09. The molecule has 0 radical (unpaired) electrons. The van der Waals surface area contributed by atoms with Gasteiger partial charge in [0.05, 0.1) is 5.52 Å². The van der Waals surface area contributed by atoms with E-state index in [2.05, 4.69) is 35.6 Å². The molecule has 2 aliphatic rings. The van der Waals surface area contributed by atoms with E-state index in [0.29, 0.717) is 18.4 Å². The summed E-state index contributed by atoms with van der Waals surface area (Å²) in [5.41, 5.74) is 3.46. The molecule has 29 heavy (non-hydrogen) atoms. The van der Waals surface area contributed by atoms with Crippen LogP contribution in [0.25, 0.3) is 10.9 Å². The fourth-order valence-corrected chi connectivity index (χ4v) is 4.50. The van der Waals surface area contributed by atoms with Crippen molar-refractivity contribution in [1.29, 1.82) is 0 Å². The number of hydrogen-bond acceptors (Lipinski definition) is 6. The number of anilines is 1. The highest BCUT2D eigenvalue weighted by Gasteiger charge is 2.30. The van der Waals surface area contributed by atoms with Crippen molar-refractivity contribution in [2.45, 2.75) is 39.0 Å². The number of nitrogens with one attached hydrogen (secondary N) is 1. The lowest BCUT2D eigenvalue weighted by Crippen LogP contribution is -2.48. The van der Waals surface area contributed by atoms with Crippen LogP contribution in [0.3, 0.4) is 0 Å². The van der Waals surface area contributed by atoms with Gasteiger partial charge in [0.1, 0.15) is 11.6 Å². The average molecular weight is 420 g/mol. The van der Waals surface area contributed by atoms with Gasteiger partial charge in [0.25, 0.3) is 10.2 Å². The summed E-state index contributed by atoms with van der Waals surface area (Å²) < 4.78 is 29.9. The summed E-state index contributed by atoms with van der Waals surface area (Å²) in [5.74, 6) is 2.67. The van der Waals surface area contributed by atoms with Crippen molar-refractivity contribution < 1.29 is 13.2 Å². The van der Waals surface area contributed by atoms with E-state index in [0.717, 1.165) is 68.1 Å². The van der Waals surface area contributed by atoms with Crippen molar-refractivity contribution in [2.24, 2.45) is 11.1 Å². The third-order valence-electron chi connectivity index (χ3n) is 6.01. The highest BCUT2D eigenvalue weighted by atomic mass is 32.2. The minimum absolute atomic E-state index is 0.338. The maximum atomic E-state index is 11.0. The normalized spacial score (nSPS) is 18.9. The van der Waals surface area contributed by atoms with E-state index in [1.54, 1.807) is 0 Å². The number of fused-ring (bicyclic) bond motifs is 1. The van der Waals surface area contributed by atoms with Gasteiger partial charge in [0.15, 0.2) is 0 Å². The number of ether oxygens (including phenoxy) is 1. The molecule has 2 saturated heterocycles. The number of nitrogens with two attached hydrogens (primary N) is 1. The molecule has 3 N–H and O–H groups in total. The molecule has 0 unspecified atom stereocenters. The molecular weight excluding hydrogens is 390 g/mol. The second-order valence-electron chi connectivity index (χ2n) is 8.24. The van der Waals surface area contributed by atoms with E-state index in [1.807, 2.05) is 0 Å². The Morgan fingerprint density at radius 3 is 2.55 bits per heavy atom. The molecule has 0 atom stereocenters. The molecule has 2 aromatic rings. The van der Waals surface area contributed by atoms with Gasteiger partial charge in [-0.15, -0.1) is 0 Å². The van der Waals surface area contributed by atoms with Crippen molar-refractivity contribution in [1.82, 2.24) is 14.7 Å². The van der Waals surface area contributed by atoms with Crippen LogP contribution in [0.4, 0.5) is 5.82 Å². The fourth-order valence-electron chi connectivity index (χ4n) is 4.10. The molecular formula is C20H29N5O3S. The molecule has 2 aliphatic heterocycles. The van der Waals surface area contributed by atoms with Crippen molar-refractivity contribution in [3.8, 4) is 0 Å². The first-order valence-electron chi connectivity index (χ1n) is 10.2. The Morgan fingerprint density at radius 2 is 1.86 bits per heavy atom. The van der Waals surface area contributed by atoms with E-state index < -0.39 is 10.2 Å². The summed E-state index contributed by atoms with van der Waals surface area (Å²) in [7, 11) is -3.62. The molecule has 0 saturated carbocycles. The quantitative estimate of drug-likeness (QED) is 0.738. The van der Waals surface area contributed by atoms with Crippen LogP contribution in [0.5, 0.6) is 0 Å². The van der Waals surface area contributed by atoms with Crippen molar-refractivity contribution in [3.05, 3.63) is 29.1 Å². The molecule has 1 aromatic carbocycles. The van der Waals surface area contributed by atoms with Gasteiger partial charge >= 0.3 is 0 Å². The lowest BCUT2D eigenvalue weighted by Gasteiger charge is -2.41. The van der Waals surface area contributed by atoms with Crippen LogP contribution in [0.2, 0.25) is 0 Å². The maximum Gasteiger partial charge on any atom is 0.274 e. The molecule has 2 fully saturated rings. The monoisotopic (exact) mass is 419 g/mol. The highest BCUT2D eigenvalue weighted by molar-refractivity contribution is 7.87. The fraction of sp³-hybridized carbons (Fsp3) is 0.600. The predicted molar refractivity (Wildman–Crippen MR) is 113 cm³/mol. The van der Waals surface area contributed by atoms with E-state index in [9.17, 15) is 8.42 Å². The minimum Gasteiger partial charge on any atom is -0.381 e. The Hall–Kier alpha value is -1.81. The van der Waals surface area contributed by atoms with Crippen LogP contribution in [0.15, 0.2) is 12.1 Å². The molecule has 0 amide bonds. The van der Waals surface area contributed by atoms with Gasteiger partial charge in [0, 0.05) is 44.2 Å². The van der Waals surface area contributed by atoms with Crippen LogP contribution < -0.4 is 14.8 Å². The number of rotatable bonds is 6. The van der Waals surface area contributed by atoms with Gasteiger partial charge in [-0.25, -0.2) is 19.8 Å². The average Bonchev–Trinajstić information content (AvgIpc) is 2.64. The topological polar surface area (TPSA) is 110 Å². The number of hydrogen-bond donors (Lipinski definition) is 2. The number of benzene rings is 1. The summed E-state index contributed by atoms with van der Waals surface area (Å²) in [4.78, 5) is 12.2. The minimum atomic E-state index is -3.62. The summed E-state index contributed by atoms with van der Waals surface area (Å²) in [6, 6.07) is 4.34. The zero-order valence-corrected chi connectivity index (χ0v) is 17.8. The maximum absolute atomic E-state index is 11.0. The standard InChI is InChI=1S/C20H29N5O3S/c1-13-9-17-18(10-14(13)2)23-19(16-4-7-28-8-5-16)24-20(17)25-11-15(12-25)3-6-22-29(21,26)27/h9-10,15-16,22H,3-8,11-12H2,1-2H3,(H2,21,26,27). The van der Waals surface area contributed by atoms with Crippen LogP contribution in [0, 0.1) is 19.8 Å². The smallest absolute Gasteiger partial charge is 0.274 e. The van der Waals surface area contributed by atoms with E-state index in [1.165, 1.54) is 11.1 Å². The molecule has 0 aliphatic carbocycles. The van der Waals surface area contributed by atoms with Crippen molar-refractivity contribution in [3.63, 3.8) is 0 Å². The molecule has 8 nitrogen and oxygen atoms in total. The van der Waals surface area contributed by atoms with Crippen LogP contribution >= 0.6 is 0 Å². The molecule has 9 heteroatoms. The Kier molecular flexibility index (Phi) is 5.74. The van der Waals surface area contributed by atoms with Crippen LogP contribution in [-0.2, 0) is 14.9 Å². The first-order valence-corrected chi connectivity index (χ1v) is 11.7. The lowest BCUT2D eigenvalue weighted by atomic mass is 9.95. The van der Waals surface area contributed by atoms with Crippen molar-refractivity contribution >= 4 is 26.9 Å². The SMILES string of the molecule is Cc1cc2nc(C3CCOCC3)nc(N3CC(CCNS(N)(=O)=O)C3)c2cc1C. The van der Waals surface area contributed by atoms with Gasteiger partial charge in [-0.2, -0.15) is 8.42 Å². The molecule has 3 heterocycles. The van der Waals surface area contributed by atoms with E-state index in [-0.39, 0.29) is 0 Å². The van der Waals surface area contributed by atoms with Crippen molar-refractivity contribution in [2.75, 3.05) is 37.7 Å². The Bertz CT molecular complexity index is 999. The molecule has 4 rings (SSSR count). The summed E-state index contributed by atoms with van der Waals surface area (Å²) in [6.45, 7) is 7.84. The summed E-state index contributed by atoms with van der Waals surface area (Å²) in [6.07, 6.45) is 2.68. The highest BCUT2D eigenvalue weighted by Crippen LogP contribution is 2.34. The largest absolute Gasteiger partial charge is 0.381 e. The second-order valence-corrected chi connectivity index (χ2v) is 9.62. The Balaban J connectivity index is 1.57. The Labute approximate surface area is 172 Å². The molecule has 0 bridgehead atoms. The lowest BCUT2D eigenvalue weighted by molar-refractivity contribution is 0.0836. The van der Waals surface area contributed by atoms with Gasteiger partial charge in [-0.1, -0.05) is 0 Å². The third kappa shape index (κ3) is 4.69. The molecule has 0 spiro atoms. The van der Waals surface area contributed by atoms with E-state index >= 15 is 0 Å². The second kappa shape index (κ2) is 8.14. The van der Waals surface area contributed by atoms with Gasteiger partial charge in [-0.05, 0) is 62.3 Å². The zero-order chi connectivity index (χ0) is 20.6. The van der Waals surface area contributed by atoms with E-state index in [4.69, 9.17) is 19.8 Å². The summed E-state index contributed by atoms with van der Waals surface area (Å²) >= 11 is 0.